The first kappa shape index (κ1) is 15.5. The SMILES string of the molecule is C#CCN1C(=O)C(O)(C(=C)C(=O)OC)c2cc(C=O)ccc21. The topological polar surface area (TPSA) is 83.9 Å². The number of hydrogen-bond acceptors (Lipinski definition) is 5. The van der Waals surface area contributed by atoms with E-state index in [1.165, 1.54) is 18.2 Å². The smallest absolute Gasteiger partial charge is 0.336 e. The van der Waals surface area contributed by atoms with Crippen LogP contribution in [-0.2, 0) is 19.9 Å². The van der Waals surface area contributed by atoms with Gasteiger partial charge in [0.05, 0.1) is 24.9 Å². The maximum Gasteiger partial charge on any atom is 0.336 e. The molecule has 0 bridgehead atoms. The summed E-state index contributed by atoms with van der Waals surface area (Å²) in [5.74, 6) is 0.572. The van der Waals surface area contributed by atoms with E-state index in [0.29, 0.717) is 12.0 Å². The van der Waals surface area contributed by atoms with E-state index in [2.05, 4.69) is 17.2 Å². The molecule has 1 atom stereocenters. The van der Waals surface area contributed by atoms with Crippen molar-refractivity contribution >= 4 is 23.9 Å². The van der Waals surface area contributed by atoms with Gasteiger partial charge < -0.3 is 9.84 Å². The van der Waals surface area contributed by atoms with Crippen molar-refractivity contribution in [3.05, 3.63) is 41.5 Å². The normalized spacial score (nSPS) is 19.3. The molecule has 1 aliphatic rings. The van der Waals surface area contributed by atoms with Crippen molar-refractivity contribution in [2.45, 2.75) is 5.60 Å². The highest BCUT2D eigenvalue weighted by molar-refractivity contribution is 6.14. The zero-order valence-corrected chi connectivity index (χ0v) is 11.8. The van der Waals surface area contributed by atoms with Gasteiger partial charge in [-0.1, -0.05) is 12.5 Å². The number of benzene rings is 1. The molecule has 6 heteroatoms. The van der Waals surface area contributed by atoms with E-state index in [9.17, 15) is 19.5 Å². The van der Waals surface area contributed by atoms with Gasteiger partial charge in [-0.05, 0) is 18.2 Å². The van der Waals surface area contributed by atoms with Crippen LogP contribution in [0.15, 0.2) is 30.4 Å². The van der Waals surface area contributed by atoms with Crippen molar-refractivity contribution in [1.29, 1.82) is 0 Å². The van der Waals surface area contributed by atoms with Crippen molar-refractivity contribution in [2.24, 2.45) is 0 Å². The number of anilines is 1. The molecule has 1 aromatic carbocycles. The molecule has 0 spiro atoms. The number of carbonyl (C=O) groups is 3. The molecule has 0 aromatic heterocycles. The fourth-order valence-electron chi connectivity index (χ4n) is 2.38. The minimum atomic E-state index is -2.31. The lowest BCUT2D eigenvalue weighted by Gasteiger charge is -2.23. The predicted octanol–water partition coefficient (Wildman–Crippen LogP) is 0.396. The van der Waals surface area contributed by atoms with Crippen LogP contribution in [0, 0.1) is 12.3 Å². The number of methoxy groups -OCH3 is 1. The Morgan fingerprint density at radius 2 is 2.27 bits per heavy atom. The molecule has 0 aliphatic carbocycles. The second-order valence-electron chi connectivity index (χ2n) is 4.67. The zero-order valence-electron chi connectivity index (χ0n) is 11.8. The Labute approximate surface area is 127 Å². The summed E-state index contributed by atoms with van der Waals surface area (Å²) < 4.78 is 4.53. The first-order chi connectivity index (χ1) is 10.4. The number of aliphatic hydroxyl groups is 1. The van der Waals surface area contributed by atoms with Crippen LogP contribution in [0.5, 0.6) is 0 Å². The number of aldehydes is 1. The minimum Gasteiger partial charge on any atom is -0.466 e. The van der Waals surface area contributed by atoms with Gasteiger partial charge in [-0.3, -0.25) is 14.5 Å². The Kier molecular flexibility index (Phi) is 3.85. The van der Waals surface area contributed by atoms with E-state index in [1.54, 1.807) is 0 Å². The van der Waals surface area contributed by atoms with E-state index in [1.807, 2.05) is 0 Å². The fraction of sp³-hybridized carbons (Fsp3) is 0.188. The Balaban J connectivity index is 2.69. The number of nitrogens with zero attached hydrogens (tertiary/aromatic N) is 1. The summed E-state index contributed by atoms with van der Waals surface area (Å²) >= 11 is 0. The average Bonchev–Trinajstić information content (AvgIpc) is 2.76. The first-order valence-electron chi connectivity index (χ1n) is 6.27. The second kappa shape index (κ2) is 5.47. The Morgan fingerprint density at radius 3 is 2.82 bits per heavy atom. The standard InChI is InChI=1S/C16H13NO5/c1-4-7-17-13-6-5-11(9-18)8-12(13)16(21,15(17)20)10(2)14(19)22-3/h1,5-6,8-9,21H,2,7H2,3H3. The molecule has 1 aliphatic heterocycles. The minimum absolute atomic E-state index is 0.0766. The highest BCUT2D eigenvalue weighted by Crippen LogP contribution is 2.44. The lowest BCUT2D eigenvalue weighted by Crippen LogP contribution is -2.43. The van der Waals surface area contributed by atoms with E-state index in [0.717, 1.165) is 12.0 Å². The number of hydrogen-bond donors (Lipinski definition) is 1. The molecule has 1 amide bonds. The number of carbonyl (C=O) groups excluding carboxylic acids is 3. The zero-order chi connectivity index (χ0) is 16.5. The number of fused-ring (bicyclic) bond motifs is 1. The summed E-state index contributed by atoms with van der Waals surface area (Å²) in [7, 11) is 1.11. The van der Waals surface area contributed by atoms with Crippen LogP contribution in [0.25, 0.3) is 0 Å². The first-order valence-corrected chi connectivity index (χ1v) is 6.27. The van der Waals surface area contributed by atoms with Crippen molar-refractivity contribution in [3.8, 4) is 12.3 Å². The third-order valence-corrected chi connectivity index (χ3v) is 3.51. The molecule has 1 N–H and O–H groups in total. The summed E-state index contributed by atoms with van der Waals surface area (Å²) in [4.78, 5) is 36.4. The number of amides is 1. The highest BCUT2D eigenvalue weighted by Gasteiger charge is 2.53. The van der Waals surface area contributed by atoms with Gasteiger partial charge in [0, 0.05) is 11.1 Å². The van der Waals surface area contributed by atoms with Gasteiger partial charge in [0.25, 0.3) is 5.91 Å². The van der Waals surface area contributed by atoms with E-state index >= 15 is 0 Å². The molecule has 0 fully saturated rings. The van der Waals surface area contributed by atoms with Gasteiger partial charge in [-0.15, -0.1) is 6.42 Å². The fourth-order valence-corrected chi connectivity index (χ4v) is 2.38. The predicted molar refractivity (Wildman–Crippen MR) is 78.1 cm³/mol. The Bertz CT molecular complexity index is 731. The summed E-state index contributed by atoms with van der Waals surface area (Å²) in [6.45, 7) is 3.37. The van der Waals surface area contributed by atoms with Gasteiger partial charge in [0.15, 0.2) is 0 Å². The molecule has 0 radical (unpaired) electrons. The largest absolute Gasteiger partial charge is 0.466 e. The monoisotopic (exact) mass is 299 g/mol. The lowest BCUT2D eigenvalue weighted by atomic mass is 9.87. The second-order valence-corrected chi connectivity index (χ2v) is 4.67. The lowest BCUT2D eigenvalue weighted by molar-refractivity contribution is -0.144. The van der Waals surface area contributed by atoms with Gasteiger partial charge >= 0.3 is 5.97 Å². The summed E-state index contributed by atoms with van der Waals surface area (Å²) in [5.41, 5.74) is -2.11. The van der Waals surface area contributed by atoms with Crippen LogP contribution in [0.3, 0.4) is 0 Å². The molecular formula is C16H13NO5. The third kappa shape index (κ3) is 2.00. The molecule has 2 rings (SSSR count). The van der Waals surface area contributed by atoms with E-state index < -0.39 is 23.1 Å². The van der Waals surface area contributed by atoms with Gasteiger partial charge in [0.2, 0.25) is 5.60 Å². The van der Waals surface area contributed by atoms with Crippen molar-refractivity contribution in [2.75, 3.05) is 18.6 Å². The van der Waals surface area contributed by atoms with Crippen LogP contribution in [0.4, 0.5) is 5.69 Å². The van der Waals surface area contributed by atoms with E-state index in [-0.39, 0.29) is 17.7 Å². The van der Waals surface area contributed by atoms with Gasteiger partial charge in [-0.2, -0.15) is 0 Å². The van der Waals surface area contributed by atoms with E-state index in [4.69, 9.17) is 6.42 Å². The van der Waals surface area contributed by atoms with Gasteiger partial charge in [-0.25, -0.2) is 4.79 Å². The molecule has 0 saturated carbocycles. The van der Waals surface area contributed by atoms with Crippen LogP contribution >= 0.6 is 0 Å². The number of esters is 1. The van der Waals surface area contributed by atoms with Crippen molar-refractivity contribution in [1.82, 2.24) is 0 Å². The average molecular weight is 299 g/mol. The highest BCUT2D eigenvalue weighted by atomic mass is 16.5. The van der Waals surface area contributed by atoms with Crippen LogP contribution in [-0.4, -0.2) is 36.9 Å². The number of rotatable bonds is 4. The Hall–Kier alpha value is -2.91. The maximum absolute atomic E-state index is 12.6. The molecule has 0 saturated heterocycles. The molecular weight excluding hydrogens is 286 g/mol. The molecule has 1 aromatic rings. The molecule has 22 heavy (non-hydrogen) atoms. The quantitative estimate of drug-likeness (QED) is 0.376. The van der Waals surface area contributed by atoms with Crippen molar-refractivity contribution < 1.29 is 24.2 Å². The third-order valence-electron chi connectivity index (χ3n) is 3.51. The van der Waals surface area contributed by atoms with Crippen LogP contribution in [0.2, 0.25) is 0 Å². The Morgan fingerprint density at radius 1 is 1.59 bits per heavy atom. The van der Waals surface area contributed by atoms with Gasteiger partial charge in [0.1, 0.15) is 6.29 Å². The molecule has 1 unspecified atom stereocenters. The molecule has 1 heterocycles. The summed E-state index contributed by atoms with van der Waals surface area (Å²) in [5, 5.41) is 10.8. The number of terminal acetylenes is 1. The molecule has 112 valence electrons. The molecule has 6 nitrogen and oxygen atoms in total. The number of ether oxygens (including phenoxy) is 1. The van der Waals surface area contributed by atoms with Crippen molar-refractivity contribution in [3.63, 3.8) is 0 Å². The maximum atomic E-state index is 12.6. The van der Waals surface area contributed by atoms with Crippen LogP contribution in [0.1, 0.15) is 15.9 Å². The van der Waals surface area contributed by atoms with Crippen LogP contribution < -0.4 is 4.90 Å². The summed E-state index contributed by atoms with van der Waals surface area (Å²) in [6, 6.07) is 4.29. The summed E-state index contributed by atoms with van der Waals surface area (Å²) in [6.07, 6.45) is 5.80.